The molecule has 2 aliphatic rings. The first-order chi connectivity index (χ1) is 23.2. The number of benzene rings is 1. The number of alkyl halides is 6. The summed E-state index contributed by atoms with van der Waals surface area (Å²) in [5.74, 6) is -3.06. The highest BCUT2D eigenvalue weighted by Gasteiger charge is 2.38. The fourth-order valence-corrected chi connectivity index (χ4v) is 7.74. The maximum atomic E-state index is 13.8. The molecule has 0 saturated carbocycles. The van der Waals surface area contributed by atoms with Gasteiger partial charge in [-0.1, -0.05) is 22.8 Å². The minimum atomic E-state index is -5.08. The molecule has 50 heavy (non-hydrogen) atoms. The molecule has 21 heteroatoms. The number of aliphatic carboxylic acids is 1. The van der Waals surface area contributed by atoms with E-state index in [1.807, 2.05) is 0 Å². The second kappa shape index (κ2) is 15.7. The van der Waals surface area contributed by atoms with E-state index in [2.05, 4.69) is 9.88 Å². The van der Waals surface area contributed by atoms with E-state index in [4.69, 9.17) is 26.0 Å². The maximum absolute atomic E-state index is 13.8. The Bertz CT molecular complexity index is 1810. The largest absolute Gasteiger partial charge is 0.490 e. The zero-order chi connectivity index (χ0) is 37.0. The molecule has 2 aliphatic heterocycles. The summed E-state index contributed by atoms with van der Waals surface area (Å²) in [4.78, 5) is 39.7. The van der Waals surface area contributed by atoms with Crippen LogP contribution >= 0.6 is 22.9 Å². The molecule has 12 nitrogen and oxygen atoms in total. The maximum Gasteiger partial charge on any atom is 0.490 e. The number of halogens is 7. The normalized spacial score (nSPS) is 16.7. The highest BCUT2D eigenvalue weighted by Crippen LogP contribution is 2.32. The summed E-state index contributed by atoms with van der Waals surface area (Å²) in [6, 6.07) is 8.29. The van der Waals surface area contributed by atoms with Gasteiger partial charge in [0.2, 0.25) is 21.8 Å². The molecule has 3 aromatic rings. The highest BCUT2D eigenvalue weighted by atomic mass is 35.5. The van der Waals surface area contributed by atoms with Gasteiger partial charge in [-0.3, -0.25) is 14.5 Å². The average molecular weight is 774 g/mol. The van der Waals surface area contributed by atoms with E-state index in [0.29, 0.717) is 51.3 Å². The van der Waals surface area contributed by atoms with Gasteiger partial charge in [0, 0.05) is 57.3 Å². The number of rotatable bonds is 9. The lowest BCUT2D eigenvalue weighted by molar-refractivity contribution is -0.192. The Balaban J connectivity index is 0.000000727. The van der Waals surface area contributed by atoms with Crippen LogP contribution in [0, 0.1) is 6.92 Å². The average Bonchev–Trinajstić information content (AvgIpc) is 3.77. The van der Waals surface area contributed by atoms with Crippen molar-refractivity contribution in [3.63, 3.8) is 0 Å². The number of hydrogen-bond acceptors (Lipinski definition) is 9. The van der Waals surface area contributed by atoms with Gasteiger partial charge < -0.3 is 19.4 Å². The quantitative estimate of drug-likeness (QED) is 0.294. The lowest BCUT2D eigenvalue weighted by Crippen LogP contribution is -2.56. The zero-order valence-electron chi connectivity index (χ0n) is 26.1. The molecule has 2 N–H and O–H groups in total. The molecule has 2 aromatic heterocycles. The topological polar surface area (TPSA) is 153 Å². The molecule has 0 aliphatic carbocycles. The smallest absolute Gasteiger partial charge is 0.475 e. The van der Waals surface area contributed by atoms with Crippen molar-refractivity contribution in [1.82, 2.24) is 19.7 Å². The van der Waals surface area contributed by atoms with Crippen molar-refractivity contribution in [1.29, 1.82) is 0 Å². The third-order valence-corrected chi connectivity index (χ3v) is 10.5. The van der Waals surface area contributed by atoms with Crippen LogP contribution in [0.1, 0.15) is 24.1 Å². The SMILES string of the molecule is Cc1c(N2CCCC2=O)cccc1S(=O)(=O)N[C@@H](Cc1cc(-c2ccc(Cl)s2)on1)C(=O)N1CCN(CC(F)(F)F)CC1.O=C(O)C(F)(F)F. The molecule has 4 heterocycles. The molecule has 1 atom stereocenters. The van der Waals surface area contributed by atoms with Crippen LogP contribution in [0.15, 0.2) is 45.8 Å². The molecular weight excluding hydrogens is 744 g/mol. The van der Waals surface area contributed by atoms with Crippen molar-refractivity contribution in [2.75, 3.05) is 44.2 Å². The van der Waals surface area contributed by atoms with Gasteiger partial charge in [-0.25, -0.2) is 13.2 Å². The number of nitrogens with zero attached hydrogens (tertiary/aromatic N) is 4. The zero-order valence-corrected chi connectivity index (χ0v) is 28.4. The first kappa shape index (κ1) is 39.1. The van der Waals surface area contributed by atoms with Crippen molar-refractivity contribution in [2.45, 2.75) is 49.5 Å². The number of nitrogens with one attached hydrogen (secondary N) is 1. The summed E-state index contributed by atoms with van der Waals surface area (Å²) >= 11 is 7.28. The Labute approximate surface area is 290 Å². The second-order valence-electron chi connectivity index (χ2n) is 11.2. The third-order valence-electron chi connectivity index (χ3n) is 7.62. The van der Waals surface area contributed by atoms with Crippen LogP contribution in [-0.4, -0.2) is 104 Å². The summed E-state index contributed by atoms with van der Waals surface area (Å²) in [6.07, 6.45) is -8.59. The van der Waals surface area contributed by atoms with Crippen molar-refractivity contribution in [2.24, 2.45) is 0 Å². The van der Waals surface area contributed by atoms with Gasteiger partial charge in [-0.05, 0) is 43.2 Å². The number of piperazine rings is 1. The standard InChI is InChI=1S/C27H29ClF3N5O5S2.C2HF3O2/c1-17-20(36-9-3-6-25(36)37)4-2-5-23(17)43(39,40)33-19(14-18-15-21(41-32-18)22-7-8-24(28)42-22)26(38)35-12-10-34(11-13-35)16-27(29,30)31;3-2(4,5)1(6)7/h2,4-5,7-8,15,19,33H,3,6,9-14,16H2,1H3;(H,6,7)/t19-;/m0./s1. The monoisotopic (exact) mass is 773 g/mol. The van der Waals surface area contributed by atoms with E-state index in [9.17, 15) is 44.3 Å². The molecule has 5 rings (SSSR count). The number of amides is 2. The van der Waals surface area contributed by atoms with Gasteiger partial charge in [-0.15, -0.1) is 11.3 Å². The third kappa shape index (κ3) is 10.2. The van der Waals surface area contributed by atoms with E-state index in [1.165, 1.54) is 33.3 Å². The molecule has 2 amide bonds. The summed E-state index contributed by atoms with van der Waals surface area (Å²) in [5.41, 5.74) is 1.13. The van der Waals surface area contributed by atoms with Crippen molar-refractivity contribution in [3.05, 3.63) is 52.0 Å². The van der Waals surface area contributed by atoms with Gasteiger partial charge in [0.1, 0.15) is 6.04 Å². The van der Waals surface area contributed by atoms with E-state index in [-0.39, 0.29) is 43.4 Å². The summed E-state index contributed by atoms with van der Waals surface area (Å²) in [7, 11) is -4.31. The van der Waals surface area contributed by atoms with Crippen LogP contribution in [0.4, 0.5) is 32.0 Å². The number of sulfonamides is 1. The number of carbonyl (C=O) groups excluding carboxylic acids is 2. The Hall–Kier alpha value is -3.72. The summed E-state index contributed by atoms with van der Waals surface area (Å²) in [6.45, 7) is 0.956. The molecule has 0 unspecified atom stereocenters. The predicted molar refractivity (Wildman–Crippen MR) is 168 cm³/mol. The Morgan fingerprint density at radius 1 is 1.08 bits per heavy atom. The van der Waals surface area contributed by atoms with Crippen LogP contribution in [0.3, 0.4) is 0 Å². The molecule has 0 bridgehead atoms. The van der Waals surface area contributed by atoms with E-state index in [1.54, 1.807) is 36.1 Å². The van der Waals surface area contributed by atoms with Gasteiger partial charge in [0.25, 0.3) is 0 Å². The molecule has 1 aromatic carbocycles. The minimum Gasteiger partial charge on any atom is -0.475 e. The lowest BCUT2D eigenvalue weighted by atomic mass is 10.1. The van der Waals surface area contributed by atoms with Crippen molar-refractivity contribution >= 4 is 56.4 Å². The van der Waals surface area contributed by atoms with Crippen LogP contribution < -0.4 is 9.62 Å². The van der Waals surface area contributed by atoms with E-state index < -0.39 is 46.8 Å². The van der Waals surface area contributed by atoms with Gasteiger partial charge in [-0.2, -0.15) is 31.1 Å². The molecular formula is C29H30ClF6N5O7S2. The van der Waals surface area contributed by atoms with E-state index in [0.717, 1.165) is 0 Å². The van der Waals surface area contributed by atoms with Crippen molar-refractivity contribution in [3.8, 4) is 10.6 Å². The Morgan fingerprint density at radius 3 is 2.28 bits per heavy atom. The molecule has 2 fully saturated rings. The number of carboxylic acid groups (broad SMARTS) is 1. The molecule has 0 spiro atoms. The van der Waals surface area contributed by atoms with Gasteiger partial charge in [0.05, 0.1) is 26.3 Å². The number of aromatic nitrogens is 1. The van der Waals surface area contributed by atoms with Gasteiger partial charge >= 0.3 is 18.3 Å². The fraction of sp³-hybridized carbons (Fsp3) is 0.448. The number of hydrogen-bond donors (Lipinski definition) is 2. The predicted octanol–water partition coefficient (Wildman–Crippen LogP) is 4.72. The lowest BCUT2D eigenvalue weighted by Gasteiger charge is -2.36. The van der Waals surface area contributed by atoms with Crippen LogP contribution in [0.2, 0.25) is 4.34 Å². The first-order valence-corrected chi connectivity index (χ1v) is 17.4. The minimum absolute atomic E-state index is 0.00349. The van der Waals surface area contributed by atoms with Crippen molar-refractivity contribution < 1.29 is 58.8 Å². The second-order valence-corrected chi connectivity index (χ2v) is 14.6. The number of carboxylic acids is 1. The Kier molecular flexibility index (Phi) is 12.2. The molecule has 2 saturated heterocycles. The van der Waals surface area contributed by atoms with Gasteiger partial charge in [0.15, 0.2) is 5.76 Å². The van der Waals surface area contributed by atoms with Crippen LogP contribution in [0.25, 0.3) is 10.6 Å². The fourth-order valence-electron chi connectivity index (χ4n) is 5.30. The highest BCUT2D eigenvalue weighted by molar-refractivity contribution is 7.89. The summed E-state index contributed by atoms with van der Waals surface area (Å²) < 4.78 is 106. The molecule has 0 radical (unpaired) electrons. The van der Waals surface area contributed by atoms with E-state index >= 15 is 0 Å². The number of anilines is 1. The first-order valence-electron chi connectivity index (χ1n) is 14.8. The number of carbonyl (C=O) groups is 3. The summed E-state index contributed by atoms with van der Waals surface area (Å²) in [5, 5.41) is 11.1. The van der Waals surface area contributed by atoms with Crippen LogP contribution in [0.5, 0.6) is 0 Å². The Morgan fingerprint density at radius 2 is 1.74 bits per heavy atom. The molecule has 274 valence electrons. The number of thiophene rings is 1. The van der Waals surface area contributed by atoms with Crippen LogP contribution in [-0.2, 0) is 30.8 Å².